The average molecular weight is 368 g/mol. The average Bonchev–Trinajstić information content (AvgIpc) is 3.07. The predicted octanol–water partition coefficient (Wildman–Crippen LogP) is 4.07. The number of benzene rings is 2. The van der Waals surface area contributed by atoms with E-state index in [9.17, 15) is 0 Å². The van der Waals surface area contributed by atoms with Gasteiger partial charge in [-0.1, -0.05) is 30.3 Å². The van der Waals surface area contributed by atoms with E-state index in [1.165, 1.54) is 11.3 Å². The highest BCUT2D eigenvalue weighted by Crippen LogP contribution is 2.30. The van der Waals surface area contributed by atoms with Gasteiger partial charge in [-0.15, -0.1) is 11.3 Å². The molecule has 1 aromatic heterocycles. The van der Waals surface area contributed by atoms with Crippen LogP contribution < -0.4 is 20.6 Å². The third-order valence-corrected chi connectivity index (χ3v) is 4.44. The van der Waals surface area contributed by atoms with E-state index in [0.29, 0.717) is 29.1 Å². The molecule has 0 saturated heterocycles. The van der Waals surface area contributed by atoms with Gasteiger partial charge in [-0.2, -0.15) is 5.10 Å². The van der Waals surface area contributed by atoms with Gasteiger partial charge in [0, 0.05) is 10.9 Å². The van der Waals surface area contributed by atoms with Gasteiger partial charge in [0.15, 0.2) is 11.5 Å². The van der Waals surface area contributed by atoms with Gasteiger partial charge in [0.25, 0.3) is 0 Å². The molecular formula is C19H20N4O2S. The standard InChI is InChI=1S/C19H20N4O2S/c1-13-8-16(24-2)17(25-11-14-6-4-3-5-7-14)9-15(13)10-21-23-19-22-18(20)12-26-19/h3-10,12H,11,20H2,1-2H3,(H,22,23). The van der Waals surface area contributed by atoms with E-state index in [-0.39, 0.29) is 0 Å². The summed E-state index contributed by atoms with van der Waals surface area (Å²) in [5.74, 6) is 1.84. The number of hydrogen-bond acceptors (Lipinski definition) is 7. The van der Waals surface area contributed by atoms with Crippen LogP contribution in [0.3, 0.4) is 0 Å². The van der Waals surface area contributed by atoms with Crippen LogP contribution in [-0.2, 0) is 6.61 Å². The van der Waals surface area contributed by atoms with Crippen molar-refractivity contribution in [3.05, 3.63) is 64.5 Å². The molecule has 0 saturated carbocycles. The number of rotatable bonds is 7. The number of nitrogen functional groups attached to an aromatic ring is 1. The summed E-state index contributed by atoms with van der Waals surface area (Å²) in [5, 5.41) is 6.62. The summed E-state index contributed by atoms with van der Waals surface area (Å²) in [6, 6.07) is 13.8. The van der Waals surface area contributed by atoms with E-state index in [1.54, 1.807) is 18.7 Å². The van der Waals surface area contributed by atoms with E-state index in [2.05, 4.69) is 15.5 Å². The number of methoxy groups -OCH3 is 1. The minimum Gasteiger partial charge on any atom is -0.493 e. The minimum absolute atomic E-state index is 0.466. The number of thiazole rings is 1. The first-order valence-electron chi connectivity index (χ1n) is 8.01. The zero-order chi connectivity index (χ0) is 18.4. The van der Waals surface area contributed by atoms with Crippen molar-refractivity contribution < 1.29 is 9.47 Å². The van der Waals surface area contributed by atoms with Gasteiger partial charge >= 0.3 is 0 Å². The highest BCUT2D eigenvalue weighted by molar-refractivity contribution is 7.14. The number of anilines is 2. The Morgan fingerprint density at radius 3 is 2.73 bits per heavy atom. The van der Waals surface area contributed by atoms with Crippen LogP contribution in [0.2, 0.25) is 0 Å². The molecule has 0 aliphatic rings. The van der Waals surface area contributed by atoms with Crippen LogP contribution in [0.4, 0.5) is 10.9 Å². The minimum atomic E-state index is 0.466. The molecule has 7 heteroatoms. The van der Waals surface area contributed by atoms with Crippen LogP contribution in [-0.4, -0.2) is 18.3 Å². The van der Waals surface area contributed by atoms with Crippen molar-refractivity contribution >= 4 is 28.5 Å². The van der Waals surface area contributed by atoms with Crippen molar-refractivity contribution in [2.75, 3.05) is 18.3 Å². The summed E-state index contributed by atoms with van der Waals surface area (Å²) in [5.41, 5.74) is 11.5. The topological polar surface area (TPSA) is 81.8 Å². The van der Waals surface area contributed by atoms with Crippen LogP contribution in [0.5, 0.6) is 11.5 Å². The van der Waals surface area contributed by atoms with Crippen LogP contribution in [0.25, 0.3) is 0 Å². The van der Waals surface area contributed by atoms with Gasteiger partial charge in [-0.05, 0) is 30.2 Å². The number of ether oxygens (including phenoxy) is 2. The maximum Gasteiger partial charge on any atom is 0.205 e. The van der Waals surface area contributed by atoms with Crippen LogP contribution in [0.1, 0.15) is 16.7 Å². The summed E-state index contributed by atoms with van der Waals surface area (Å²) in [7, 11) is 1.63. The zero-order valence-corrected chi connectivity index (χ0v) is 15.4. The fraction of sp³-hybridized carbons (Fsp3) is 0.158. The number of hydrazone groups is 1. The Bertz CT molecular complexity index is 894. The van der Waals surface area contributed by atoms with Crippen molar-refractivity contribution in [2.45, 2.75) is 13.5 Å². The van der Waals surface area contributed by atoms with Crippen LogP contribution in [0, 0.1) is 6.92 Å². The molecule has 6 nitrogen and oxygen atoms in total. The monoisotopic (exact) mass is 368 g/mol. The summed E-state index contributed by atoms with van der Waals surface area (Å²) >= 11 is 1.40. The van der Waals surface area contributed by atoms with Crippen molar-refractivity contribution in [1.82, 2.24) is 4.98 Å². The number of aromatic nitrogens is 1. The molecule has 3 aromatic rings. The lowest BCUT2D eigenvalue weighted by molar-refractivity contribution is 0.284. The highest BCUT2D eigenvalue weighted by atomic mass is 32.1. The Morgan fingerprint density at radius 1 is 1.23 bits per heavy atom. The second-order valence-corrected chi connectivity index (χ2v) is 6.44. The molecule has 3 N–H and O–H groups in total. The molecule has 1 heterocycles. The van der Waals surface area contributed by atoms with E-state index >= 15 is 0 Å². The zero-order valence-electron chi connectivity index (χ0n) is 14.6. The Balaban J connectivity index is 1.75. The molecule has 3 rings (SSSR count). The molecule has 2 aromatic carbocycles. The Morgan fingerprint density at radius 2 is 2.04 bits per heavy atom. The van der Waals surface area contributed by atoms with Gasteiger partial charge in [0.2, 0.25) is 5.13 Å². The first-order valence-corrected chi connectivity index (χ1v) is 8.89. The van der Waals surface area contributed by atoms with Gasteiger partial charge in [-0.3, -0.25) is 5.43 Å². The third kappa shape index (κ3) is 4.52. The van der Waals surface area contributed by atoms with Crippen molar-refractivity contribution in [3.63, 3.8) is 0 Å². The predicted molar refractivity (Wildman–Crippen MR) is 106 cm³/mol. The van der Waals surface area contributed by atoms with E-state index in [0.717, 1.165) is 16.7 Å². The number of aryl methyl sites for hydroxylation is 1. The van der Waals surface area contributed by atoms with E-state index < -0.39 is 0 Å². The number of nitrogens with one attached hydrogen (secondary N) is 1. The molecule has 0 atom stereocenters. The number of hydrogen-bond donors (Lipinski definition) is 2. The molecule has 0 fully saturated rings. The molecular weight excluding hydrogens is 348 g/mol. The summed E-state index contributed by atoms with van der Waals surface area (Å²) < 4.78 is 11.4. The van der Waals surface area contributed by atoms with Gasteiger partial charge < -0.3 is 15.2 Å². The van der Waals surface area contributed by atoms with Crippen LogP contribution >= 0.6 is 11.3 Å². The smallest absolute Gasteiger partial charge is 0.205 e. The summed E-state index contributed by atoms with van der Waals surface area (Å²) in [6.45, 7) is 2.46. The number of nitrogens with zero attached hydrogens (tertiary/aromatic N) is 2. The quantitative estimate of drug-likeness (QED) is 0.485. The Kier molecular flexibility index (Phi) is 5.70. The Hall–Kier alpha value is -3.06. The molecule has 134 valence electrons. The van der Waals surface area contributed by atoms with Crippen molar-refractivity contribution in [3.8, 4) is 11.5 Å². The van der Waals surface area contributed by atoms with Crippen molar-refractivity contribution in [2.24, 2.45) is 5.10 Å². The molecule has 0 amide bonds. The molecule has 0 bridgehead atoms. The molecule has 0 spiro atoms. The maximum absolute atomic E-state index is 5.94. The summed E-state index contributed by atoms with van der Waals surface area (Å²) in [6.07, 6.45) is 1.72. The molecule has 0 unspecified atom stereocenters. The summed E-state index contributed by atoms with van der Waals surface area (Å²) in [4.78, 5) is 4.10. The Labute approximate surface area is 156 Å². The third-order valence-electron chi connectivity index (χ3n) is 3.68. The molecule has 0 aliphatic heterocycles. The molecule has 0 aliphatic carbocycles. The lowest BCUT2D eigenvalue weighted by Crippen LogP contribution is -2.00. The lowest BCUT2D eigenvalue weighted by Gasteiger charge is -2.13. The van der Waals surface area contributed by atoms with Crippen LogP contribution in [0.15, 0.2) is 52.9 Å². The van der Waals surface area contributed by atoms with Crippen molar-refractivity contribution in [1.29, 1.82) is 0 Å². The molecule has 0 radical (unpaired) electrons. The van der Waals surface area contributed by atoms with Gasteiger partial charge in [0.05, 0.1) is 13.3 Å². The largest absolute Gasteiger partial charge is 0.493 e. The maximum atomic E-state index is 5.94. The second kappa shape index (κ2) is 8.35. The van der Waals surface area contributed by atoms with Gasteiger partial charge in [0.1, 0.15) is 12.4 Å². The van der Waals surface area contributed by atoms with E-state index in [4.69, 9.17) is 15.2 Å². The van der Waals surface area contributed by atoms with Gasteiger partial charge in [-0.25, -0.2) is 4.98 Å². The lowest BCUT2D eigenvalue weighted by atomic mass is 10.1. The fourth-order valence-electron chi connectivity index (χ4n) is 2.32. The highest BCUT2D eigenvalue weighted by Gasteiger charge is 2.09. The second-order valence-electron chi connectivity index (χ2n) is 5.58. The molecule has 26 heavy (non-hydrogen) atoms. The first-order chi connectivity index (χ1) is 12.7. The first kappa shape index (κ1) is 17.8. The normalized spacial score (nSPS) is 10.8. The SMILES string of the molecule is COc1cc(C)c(C=NNc2nc(N)cs2)cc1OCc1ccccc1. The van der Waals surface area contributed by atoms with E-state index in [1.807, 2.05) is 49.4 Å². The fourth-order valence-corrected chi connectivity index (χ4v) is 2.87. The number of nitrogens with two attached hydrogens (primary N) is 1.